The van der Waals surface area contributed by atoms with E-state index in [9.17, 15) is 4.79 Å². The SMILES string of the molecule is O=C(CC1CCCCC1)Nc1ccnn1C1CCCC1. The molecule has 1 heterocycles. The van der Waals surface area contributed by atoms with Crippen LogP contribution >= 0.6 is 0 Å². The van der Waals surface area contributed by atoms with Crippen molar-refractivity contribution in [3.63, 3.8) is 0 Å². The fourth-order valence-corrected chi connectivity index (χ4v) is 3.70. The van der Waals surface area contributed by atoms with Crippen LogP contribution in [0.5, 0.6) is 0 Å². The van der Waals surface area contributed by atoms with E-state index in [1.807, 2.05) is 10.7 Å². The molecular formula is C16H25N3O. The summed E-state index contributed by atoms with van der Waals surface area (Å²) in [7, 11) is 0. The van der Waals surface area contributed by atoms with Crippen molar-refractivity contribution in [3.8, 4) is 0 Å². The van der Waals surface area contributed by atoms with E-state index in [1.54, 1.807) is 6.20 Å². The Morgan fingerprint density at radius 3 is 2.60 bits per heavy atom. The topological polar surface area (TPSA) is 46.9 Å². The van der Waals surface area contributed by atoms with Gasteiger partial charge in [-0.1, -0.05) is 32.1 Å². The molecule has 110 valence electrons. The largest absolute Gasteiger partial charge is 0.311 e. The lowest BCUT2D eigenvalue weighted by atomic mass is 9.87. The van der Waals surface area contributed by atoms with Gasteiger partial charge >= 0.3 is 0 Å². The zero-order chi connectivity index (χ0) is 13.8. The molecule has 0 radical (unpaired) electrons. The van der Waals surface area contributed by atoms with Gasteiger partial charge in [0, 0.05) is 12.5 Å². The number of aromatic nitrogens is 2. The second kappa shape index (κ2) is 6.42. The number of nitrogens with one attached hydrogen (secondary N) is 1. The molecule has 1 aromatic heterocycles. The molecule has 3 rings (SSSR count). The van der Waals surface area contributed by atoms with Crippen LogP contribution in [0.1, 0.15) is 70.3 Å². The van der Waals surface area contributed by atoms with Gasteiger partial charge < -0.3 is 5.32 Å². The summed E-state index contributed by atoms with van der Waals surface area (Å²) < 4.78 is 2.02. The number of hydrogen-bond donors (Lipinski definition) is 1. The lowest BCUT2D eigenvalue weighted by molar-refractivity contribution is -0.117. The summed E-state index contributed by atoms with van der Waals surface area (Å²) in [6.07, 6.45) is 13.8. The molecule has 2 aliphatic rings. The predicted octanol–water partition coefficient (Wildman–Crippen LogP) is 3.91. The summed E-state index contributed by atoms with van der Waals surface area (Å²) in [5.74, 6) is 1.64. The Hall–Kier alpha value is -1.32. The van der Waals surface area contributed by atoms with E-state index >= 15 is 0 Å². The molecule has 0 spiro atoms. The molecule has 2 saturated carbocycles. The molecule has 0 aliphatic heterocycles. The average Bonchev–Trinajstić information content (AvgIpc) is 3.10. The van der Waals surface area contributed by atoms with Crippen molar-refractivity contribution in [1.29, 1.82) is 0 Å². The number of carbonyl (C=O) groups excluding carboxylic acids is 1. The maximum atomic E-state index is 12.2. The Balaban J connectivity index is 1.56. The highest BCUT2D eigenvalue weighted by molar-refractivity contribution is 5.90. The van der Waals surface area contributed by atoms with Crippen molar-refractivity contribution in [2.45, 2.75) is 70.3 Å². The molecule has 0 unspecified atom stereocenters. The summed E-state index contributed by atoms with van der Waals surface area (Å²) in [5, 5.41) is 7.48. The summed E-state index contributed by atoms with van der Waals surface area (Å²) in [6, 6.07) is 2.41. The third-order valence-corrected chi connectivity index (χ3v) is 4.81. The van der Waals surface area contributed by atoms with Crippen LogP contribution in [-0.2, 0) is 4.79 Å². The van der Waals surface area contributed by atoms with E-state index in [0.717, 1.165) is 5.82 Å². The van der Waals surface area contributed by atoms with E-state index in [1.165, 1.54) is 57.8 Å². The molecule has 2 aliphatic carbocycles. The molecule has 0 aromatic carbocycles. The van der Waals surface area contributed by atoms with Crippen LogP contribution in [0.4, 0.5) is 5.82 Å². The molecule has 1 amide bonds. The quantitative estimate of drug-likeness (QED) is 0.905. The highest BCUT2D eigenvalue weighted by atomic mass is 16.1. The second-order valence-electron chi connectivity index (χ2n) is 6.36. The summed E-state index contributed by atoms with van der Waals surface area (Å²) in [6.45, 7) is 0. The standard InChI is InChI=1S/C16H25N3O/c20-16(12-13-6-2-1-3-7-13)18-15-10-11-17-19(15)14-8-4-5-9-14/h10-11,13-14H,1-9,12H2,(H,18,20). The summed E-state index contributed by atoms with van der Waals surface area (Å²) in [5.41, 5.74) is 0. The van der Waals surface area contributed by atoms with Gasteiger partial charge in [0.05, 0.1) is 12.2 Å². The Labute approximate surface area is 120 Å². The highest BCUT2D eigenvalue weighted by Gasteiger charge is 2.22. The number of rotatable bonds is 4. The Bertz CT molecular complexity index is 442. The normalized spacial score (nSPS) is 21.2. The van der Waals surface area contributed by atoms with Gasteiger partial charge in [-0.05, 0) is 31.6 Å². The van der Waals surface area contributed by atoms with E-state index in [2.05, 4.69) is 10.4 Å². The maximum Gasteiger partial charge on any atom is 0.225 e. The van der Waals surface area contributed by atoms with Crippen LogP contribution in [0.15, 0.2) is 12.3 Å². The molecule has 4 heteroatoms. The minimum Gasteiger partial charge on any atom is -0.311 e. The summed E-state index contributed by atoms with van der Waals surface area (Å²) in [4.78, 5) is 12.2. The fourth-order valence-electron chi connectivity index (χ4n) is 3.70. The smallest absolute Gasteiger partial charge is 0.225 e. The Morgan fingerprint density at radius 1 is 1.15 bits per heavy atom. The van der Waals surface area contributed by atoms with Crippen LogP contribution in [-0.4, -0.2) is 15.7 Å². The molecule has 2 fully saturated rings. The van der Waals surface area contributed by atoms with Crippen molar-refractivity contribution >= 4 is 11.7 Å². The minimum atomic E-state index is 0.164. The Kier molecular flexibility index (Phi) is 4.38. The van der Waals surface area contributed by atoms with E-state index < -0.39 is 0 Å². The predicted molar refractivity (Wildman–Crippen MR) is 79.6 cm³/mol. The van der Waals surface area contributed by atoms with Crippen LogP contribution in [0.25, 0.3) is 0 Å². The molecule has 0 saturated heterocycles. The lowest BCUT2D eigenvalue weighted by Gasteiger charge is -2.21. The average molecular weight is 275 g/mol. The first-order chi connectivity index (χ1) is 9.83. The van der Waals surface area contributed by atoms with Crippen molar-refractivity contribution < 1.29 is 4.79 Å². The van der Waals surface area contributed by atoms with Crippen LogP contribution in [0, 0.1) is 5.92 Å². The van der Waals surface area contributed by atoms with Gasteiger partial charge in [-0.3, -0.25) is 4.79 Å². The third kappa shape index (κ3) is 3.22. The van der Waals surface area contributed by atoms with E-state index in [-0.39, 0.29) is 5.91 Å². The highest BCUT2D eigenvalue weighted by Crippen LogP contribution is 2.31. The zero-order valence-electron chi connectivity index (χ0n) is 12.2. The van der Waals surface area contributed by atoms with Gasteiger partial charge in [-0.15, -0.1) is 0 Å². The number of amides is 1. The van der Waals surface area contributed by atoms with Gasteiger partial charge in [0.1, 0.15) is 5.82 Å². The van der Waals surface area contributed by atoms with Gasteiger partial charge in [0.15, 0.2) is 0 Å². The van der Waals surface area contributed by atoms with Gasteiger partial charge in [0.2, 0.25) is 5.91 Å². The molecule has 0 atom stereocenters. The molecule has 1 aromatic rings. The van der Waals surface area contributed by atoms with Gasteiger partial charge in [0.25, 0.3) is 0 Å². The Morgan fingerprint density at radius 2 is 1.85 bits per heavy atom. The number of nitrogens with zero attached hydrogens (tertiary/aromatic N) is 2. The zero-order valence-corrected chi connectivity index (χ0v) is 12.2. The second-order valence-corrected chi connectivity index (χ2v) is 6.36. The molecule has 1 N–H and O–H groups in total. The first-order valence-corrected chi connectivity index (χ1v) is 8.16. The van der Waals surface area contributed by atoms with Crippen LogP contribution in [0.2, 0.25) is 0 Å². The molecular weight excluding hydrogens is 250 g/mol. The summed E-state index contributed by atoms with van der Waals surface area (Å²) >= 11 is 0. The molecule has 20 heavy (non-hydrogen) atoms. The number of anilines is 1. The van der Waals surface area contributed by atoms with E-state index in [4.69, 9.17) is 0 Å². The van der Waals surface area contributed by atoms with Crippen LogP contribution in [0.3, 0.4) is 0 Å². The monoisotopic (exact) mass is 275 g/mol. The maximum absolute atomic E-state index is 12.2. The van der Waals surface area contributed by atoms with Gasteiger partial charge in [-0.2, -0.15) is 5.10 Å². The van der Waals surface area contributed by atoms with Crippen molar-refractivity contribution in [2.75, 3.05) is 5.32 Å². The first kappa shape index (κ1) is 13.7. The van der Waals surface area contributed by atoms with Gasteiger partial charge in [-0.25, -0.2) is 4.68 Å². The molecule has 0 bridgehead atoms. The van der Waals surface area contributed by atoms with E-state index in [0.29, 0.717) is 18.4 Å². The van der Waals surface area contributed by atoms with Crippen LogP contribution < -0.4 is 5.32 Å². The van der Waals surface area contributed by atoms with Crippen molar-refractivity contribution in [2.24, 2.45) is 5.92 Å². The number of carbonyl (C=O) groups is 1. The van der Waals surface area contributed by atoms with Crippen molar-refractivity contribution in [1.82, 2.24) is 9.78 Å². The van der Waals surface area contributed by atoms with Crippen molar-refractivity contribution in [3.05, 3.63) is 12.3 Å². The first-order valence-electron chi connectivity index (χ1n) is 8.16. The third-order valence-electron chi connectivity index (χ3n) is 4.81. The lowest BCUT2D eigenvalue weighted by Crippen LogP contribution is -2.21. The molecule has 4 nitrogen and oxygen atoms in total. The minimum absolute atomic E-state index is 0.164. The fraction of sp³-hybridized carbons (Fsp3) is 0.750. The number of hydrogen-bond acceptors (Lipinski definition) is 2.